The summed E-state index contributed by atoms with van der Waals surface area (Å²) in [6, 6.07) is 0. The quantitative estimate of drug-likeness (QED) is 0.787. The monoisotopic (exact) mass is 197 g/mol. The van der Waals surface area contributed by atoms with Gasteiger partial charge in [-0.3, -0.25) is 0 Å². The fraction of sp³-hybridized carbons (Fsp3) is 0.600. The van der Waals surface area contributed by atoms with Gasteiger partial charge in [-0.15, -0.1) is 0 Å². The lowest BCUT2D eigenvalue weighted by molar-refractivity contribution is 0.584. The average molecular weight is 197 g/mol. The van der Waals surface area contributed by atoms with Crippen LogP contribution in [-0.4, -0.2) is 16.5 Å². The second kappa shape index (κ2) is 5.52. The highest BCUT2D eigenvalue weighted by atomic mass is 19.1. The predicted octanol–water partition coefficient (Wildman–Crippen LogP) is 2.39. The van der Waals surface area contributed by atoms with Crippen molar-refractivity contribution < 1.29 is 4.39 Å². The van der Waals surface area contributed by atoms with Crippen molar-refractivity contribution in [1.29, 1.82) is 0 Å². The number of halogens is 1. The third-order valence-corrected chi connectivity index (χ3v) is 1.92. The van der Waals surface area contributed by atoms with E-state index >= 15 is 0 Å². The van der Waals surface area contributed by atoms with Crippen LogP contribution in [0.25, 0.3) is 0 Å². The van der Waals surface area contributed by atoms with Gasteiger partial charge in [-0.05, 0) is 19.8 Å². The molecule has 0 fully saturated rings. The molecule has 0 aliphatic carbocycles. The van der Waals surface area contributed by atoms with Crippen molar-refractivity contribution in [3.05, 3.63) is 17.7 Å². The molecule has 0 unspecified atom stereocenters. The SMILES string of the molecule is CCCCc1nc(NCC)ncc1F. The maximum Gasteiger partial charge on any atom is 0.223 e. The van der Waals surface area contributed by atoms with Crippen LogP contribution in [0.3, 0.4) is 0 Å². The second-order valence-corrected chi connectivity index (χ2v) is 3.12. The van der Waals surface area contributed by atoms with E-state index in [0.717, 1.165) is 19.4 Å². The highest BCUT2D eigenvalue weighted by Crippen LogP contribution is 2.09. The number of aryl methyl sites for hydroxylation is 1. The van der Waals surface area contributed by atoms with Gasteiger partial charge in [0.1, 0.15) is 0 Å². The van der Waals surface area contributed by atoms with Crippen LogP contribution < -0.4 is 5.32 Å². The van der Waals surface area contributed by atoms with Crippen LogP contribution in [0.5, 0.6) is 0 Å². The molecule has 1 heterocycles. The van der Waals surface area contributed by atoms with E-state index in [1.54, 1.807) is 0 Å². The lowest BCUT2D eigenvalue weighted by Crippen LogP contribution is -2.05. The van der Waals surface area contributed by atoms with E-state index in [9.17, 15) is 4.39 Å². The summed E-state index contributed by atoms with van der Waals surface area (Å²) in [5, 5.41) is 2.96. The van der Waals surface area contributed by atoms with Gasteiger partial charge in [0.05, 0.1) is 11.9 Å². The molecule has 0 bridgehead atoms. The third kappa shape index (κ3) is 2.94. The maximum atomic E-state index is 13.2. The highest BCUT2D eigenvalue weighted by molar-refractivity contribution is 5.25. The summed E-state index contributed by atoms with van der Waals surface area (Å²) in [5.41, 5.74) is 0.512. The molecule has 0 amide bonds. The number of hydrogen-bond acceptors (Lipinski definition) is 3. The van der Waals surface area contributed by atoms with Gasteiger partial charge in [-0.2, -0.15) is 0 Å². The molecule has 0 aromatic carbocycles. The Labute approximate surface area is 83.8 Å². The normalized spacial score (nSPS) is 10.2. The molecule has 0 aliphatic heterocycles. The lowest BCUT2D eigenvalue weighted by Gasteiger charge is -2.04. The van der Waals surface area contributed by atoms with Crippen LogP contribution >= 0.6 is 0 Å². The fourth-order valence-corrected chi connectivity index (χ4v) is 1.17. The Balaban J connectivity index is 2.74. The van der Waals surface area contributed by atoms with Gasteiger partial charge in [0.15, 0.2) is 5.82 Å². The number of hydrogen-bond donors (Lipinski definition) is 1. The molecule has 0 aliphatic rings. The Hall–Kier alpha value is -1.19. The van der Waals surface area contributed by atoms with Gasteiger partial charge in [-0.1, -0.05) is 13.3 Å². The third-order valence-electron chi connectivity index (χ3n) is 1.92. The number of aromatic nitrogens is 2. The molecule has 1 N–H and O–H groups in total. The number of nitrogens with zero attached hydrogens (tertiary/aromatic N) is 2. The topological polar surface area (TPSA) is 37.8 Å². The van der Waals surface area contributed by atoms with Crippen LogP contribution in [0.1, 0.15) is 32.4 Å². The van der Waals surface area contributed by atoms with E-state index in [4.69, 9.17) is 0 Å². The Morgan fingerprint density at radius 3 is 2.86 bits per heavy atom. The minimum atomic E-state index is -0.305. The maximum absolute atomic E-state index is 13.2. The first-order chi connectivity index (χ1) is 6.77. The van der Waals surface area contributed by atoms with Gasteiger partial charge in [-0.25, -0.2) is 14.4 Å². The molecule has 0 saturated carbocycles. The van der Waals surface area contributed by atoms with Gasteiger partial charge in [0.25, 0.3) is 0 Å². The average Bonchev–Trinajstić information content (AvgIpc) is 2.19. The van der Waals surface area contributed by atoms with Crippen molar-refractivity contribution in [3.63, 3.8) is 0 Å². The molecule has 14 heavy (non-hydrogen) atoms. The largest absolute Gasteiger partial charge is 0.354 e. The van der Waals surface area contributed by atoms with Gasteiger partial charge < -0.3 is 5.32 Å². The molecule has 4 heteroatoms. The molecule has 0 atom stereocenters. The van der Waals surface area contributed by atoms with Crippen LogP contribution in [0, 0.1) is 5.82 Å². The van der Waals surface area contributed by atoms with E-state index in [2.05, 4.69) is 22.2 Å². The van der Waals surface area contributed by atoms with Crippen LogP contribution in [0.15, 0.2) is 6.20 Å². The van der Waals surface area contributed by atoms with E-state index in [1.807, 2.05) is 6.92 Å². The minimum Gasteiger partial charge on any atom is -0.354 e. The predicted molar refractivity (Wildman–Crippen MR) is 54.8 cm³/mol. The van der Waals surface area contributed by atoms with Crippen LogP contribution in [0.4, 0.5) is 10.3 Å². The fourth-order valence-electron chi connectivity index (χ4n) is 1.17. The molecule has 0 radical (unpaired) electrons. The first kappa shape index (κ1) is 10.9. The summed E-state index contributed by atoms with van der Waals surface area (Å²) in [7, 11) is 0. The Kier molecular flexibility index (Phi) is 4.29. The van der Waals surface area contributed by atoms with Crippen molar-refractivity contribution in [2.45, 2.75) is 33.1 Å². The molecular weight excluding hydrogens is 181 g/mol. The second-order valence-electron chi connectivity index (χ2n) is 3.12. The van der Waals surface area contributed by atoms with Crippen LogP contribution in [-0.2, 0) is 6.42 Å². The van der Waals surface area contributed by atoms with Gasteiger partial charge in [0, 0.05) is 6.54 Å². The summed E-state index contributed by atoms with van der Waals surface area (Å²) in [5.74, 6) is 0.208. The number of anilines is 1. The van der Waals surface area contributed by atoms with Gasteiger partial charge >= 0.3 is 0 Å². The summed E-state index contributed by atoms with van der Waals surface area (Å²) in [6.07, 6.45) is 3.92. The lowest BCUT2D eigenvalue weighted by atomic mass is 10.2. The van der Waals surface area contributed by atoms with Crippen molar-refractivity contribution in [2.75, 3.05) is 11.9 Å². The summed E-state index contributed by atoms with van der Waals surface area (Å²) in [4.78, 5) is 7.94. The van der Waals surface area contributed by atoms with Crippen LogP contribution in [0.2, 0.25) is 0 Å². The number of nitrogens with one attached hydrogen (secondary N) is 1. The molecule has 0 saturated heterocycles. The number of rotatable bonds is 5. The highest BCUT2D eigenvalue weighted by Gasteiger charge is 2.05. The minimum absolute atomic E-state index is 0.305. The zero-order valence-electron chi connectivity index (χ0n) is 8.68. The molecule has 1 aromatic heterocycles. The van der Waals surface area contributed by atoms with E-state index in [0.29, 0.717) is 18.1 Å². The Morgan fingerprint density at radius 1 is 1.43 bits per heavy atom. The summed E-state index contributed by atoms with van der Waals surface area (Å²) < 4.78 is 13.2. The van der Waals surface area contributed by atoms with Crippen molar-refractivity contribution in [2.24, 2.45) is 0 Å². The standard InChI is InChI=1S/C10H16FN3/c1-3-5-6-9-8(11)7-13-10(14-9)12-4-2/h7H,3-6H2,1-2H3,(H,12,13,14). The van der Waals surface area contributed by atoms with E-state index in [1.165, 1.54) is 6.20 Å². The number of unbranched alkanes of at least 4 members (excludes halogenated alkanes) is 1. The first-order valence-corrected chi connectivity index (χ1v) is 5.03. The van der Waals surface area contributed by atoms with Crippen molar-refractivity contribution in [3.8, 4) is 0 Å². The van der Waals surface area contributed by atoms with Crippen molar-refractivity contribution >= 4 is 5.95 Å². The van der Waals surface area contributed by atoms with Crippen molar-refractivity contribution in [1.82, 2.24) is 9.97 Å². The zero-order chi connectivity index (χ0) is 10.4. The summed E-state index contributed by atoms with van der Waals surface area (Å²) >= 11 is 0. The van der Waals surface area contributed by atoms with E-state index < -0.39 is 0 Å². The van der Waals surface area contributed by atoms with Gasteiger partial charge in [0.2, 0.25) is 5.95 Å². The summed E-state index contributed by atoms with van der Waals surface area (Å²) in [6.45, 7) is 4.78. The molecule has 1 rings (SSSR count). The molecular formula is C10H16FN3. The molecule has 1 aromatic rings. The molecule has 0 spiro atoms. The molecule has 3 nitrogen and oxygen atoms in total. The Bertz CT molecular complexity index is 289. The Morgan fingerprint density at radius 2 is 2.21 bits per heavy atom. The molecule has 78 valence electrons. The zero-order valence-corrected chi connectivity index (χ0v) is 8.68. The van der Waals surface area contributed by atoms with E-state index in [-0.39, 0.29) is 5.82 Å². The first-order valence-electron chi connectivity index (χ1n) is 5.03. The smallest absolute Gasteiger partial charge is 0.223 e.